The van der Waals surface area contributed by atoms with Gasteiger partial charge in [0.05, 0.1) is 22.9 Å². The number of nitrogens with one attached hydrogen (secondary N) is 1. The van der Waals surface area contributed by atoms with Crippen molar-refractivity contribution in [2.75, 3.05) is 11.9 Å². The Kier molecular flexibility index (Phi) is 6.37. The van der Waals surface area contributed by atoms with Crippen molar-refractivity contribution in [2.24, 2.45) is 0 Å². The van der Waals surface area contributed by atoms with Crippen LogP contribution in [0.1, 0.15) is 56.7 Å². The standard InChI is InChI=1S/C23H18BrF3N4O4S/c1-2-34-22(33)16-11-6-3-4-8-14(11)36-21(16)29-20(32)18-17(24)19-28-12(13-7-5-9-35-13)10-15(23(25,26)27)31(19)30-18/h5,7,9-10H,2-4,6,8H2,1H3,(H,29,32). The highest BCUT2D eigenvalue weighted by Gasteiger charge is 2.37. The van der Waals surface area contributed by atoms with Gasteiger partial charge in [0.2, 0.25) is 0 Å². The van der Waals surface area contributed by atoms with Gasteiger partial charge in [-0.1, -0.05) is 0 Å². The second kappa shape index (κ2) is 9.36. The summed E-state index contributed by atoms with van der Waals surface area (Å²) in [7, 11) is 0. The van der Waals surface area contributed by atoms with Gasteiger partial charge in [-0.15, -0.1) is 11.3 Å². The van der Waals surface area contributed by atoms with Gasteiger partial charge >= 0.3 is 12.1 Å². The molecule has 4 heterocycles. The summed E-state index contributed by atoms with van der Waals surface area (Å²) in [6, 6.07) is 3.81. The smallest absolute Gasteiger partial charge is 0.433 e. The van der Waals surface area contributed by atoms with Gasteiger partial charge in [-0.3, -0.25) is 4.79 Å². The number of alkyl halides is 3. The van der Waals surface area contributed by atoms with Crippen LogP contribution >= 0.6 is 27.3 Å². The number of amides is 1. The maximum atomic E-state index is 13.9. The number of carbonyl (C=O) groups excluding carboxylic acids is 2. The fourth-order valence-corrected chi connectivity index (χ4v) is 5.91. The van der Waals surface area contributed by atoms with Crippen molar-refractivity contribution in [3.05, 3.63) is 56.3 Å². The van der Waals surface area contributed by atoms with Gasteiger partial charge in [0, 0.05) is 4.88 Å². The summed E-state index contributed by atoms with van der Waals surface area (Å²) in [4.78, 5) is 31.1. The van der Waals surface area contributed by atoms with Crippen LogP contribution in [0.5, 0.6) is 0 Å². The molecule has 36 heavy (non-hydrogen) atoms. The van der Waals surface area contributed by atoms with Gasteiger partial charge in [0.1, 0.15) is 10.7 Å². The summed E-state index contributed by atoms with van der Waals surface area (Å²) >= 11 is 4.47. The fourth-order valence-electron chi connectivity index (χ4n) is 4.12. The van der Waals surface area contributed by atoms with Crippen molar-refractivity contribution in [3.63, 3.8) is 0 Å². The average molecular weight is 583 g/mol. The minimum atomic E-state index is -4.79. The molecule has 1 aliphatic carbocycles. The van der Waals surface area contributed by atoms with Crippen molar-refractivity contribution >= 4 is 49.8 Å². The minimum Gasteiger partial charge on any atom is -0.463 e. The van der Waals surface area contributed by atoms with Gasteiger partial charge in [-0.25, -0.2) is 14.3 Å². The van der Waals surface area contributed by atoms with Crippen molar-refractivity contribution in [1.82, 2.24) is 14.6 Å². The van der Waals surface area contributed by atoms with E-state index in [4.69, 9.17) is 9.15 Å². The Hall–Kier alpha value is -3.19. The summed E-state index contributed by atoms with van der Waals surface area (Å²) in [6.45, 7) is 1.85. The van der Waals surface area contributed by atoms with Gasteiger partial charge in [0.15, 0.2) is 22.8 Å². The van der Waals surface area contributed by atoms with Gasteiger partial charge in [0.25, 0.3) is 5.91 Å². The van der Waals surface area contributed by atoms with Gasteiger partial charge in [-0.2, -0.15) is 18.3 Å². The first-order valence-electron chi connectivity index (χ1n) is 11.0. The fraction of sp³-hybridized carbons (Fsp3) is 0.304. The molecule has 0 saturated heterocycles. The van der Waals surface area contributed by atoms with Crippen LogP contribution in [0.15, 0.2) is 33.4 Å². The van der Waals surface area contributed by atoms with E-state index in [2.05, 4.69) is 31.3 Å². The SMILES string of the molecule is CCOC(=O)c1c(NC(=O)c2nn3c(C(F)(F)F)cc(-c4ccco4)nc3c2Br)sc2c1CCCC2. The Bertz CT molecular complexity index is 1480. The van der Waals surface area contributed by atoms with Crippen LogP contribution in [0.4, 0.5) is 18.2 Å². The normalized spacial score (nSPS) is 13.6. The number of furan rings is 1. The molecule has 0 unspecified atom stereocenters. The molecular formula is C23H18BrF3N4O4S. The highest BCUT2D eigenvalue weighted by molar-refractivity contribution is 9.10. The topological polar surface area (TPSA) is 98.7 Å². The maximum absolute atomic E-state index is 13.9. The number of ether oxygens (including phenoxy) is 1. The zero-order valence-corrected chi connectivity index (χ0v) is 21.1. The van der Waals surface area contributed by atoms with E-state index >= 15 is 0 Å². The molecule has 0 saturated carbocycles. The summed E-state index contributed by atoms with van der Waals surface area (Å²) < 4.78 is 52.6. The zero-order valence-electron chi connectivity index (χ0n) is 18.7. The summed E-state index contributed by atoms with van der Waals surface area (Å²) in [6.07, 6.45) is -0.139. The van der Waals surface area contributed by atoms with E-state index < -0.39 is 23.7 Å². The number of thiophene rings is 1. The number of fused-ring (bicyclic) bond motifs is 2. The Balaban J connectivity index is 1.58. The molecule has 5 rings (SSSR count). The molecule has 1 aliphatic rings. The lowest BCUT2D eigenvalue weighted by atomic mass is 9.95. The largest absolute Gasteiger partial charge is 0.463 e. The molecule has 1 N–H and O–H groups in total. The molecule has 1 amide bonds. The van der Waals surface area contributed by atoms with Crippen molar-refractivity contribution in [1.29, 1.82) is 0 Å². The molecule has 0 atom stereocenters. The molecule has 13 heteroatoms. The highest BCUT2D eigenvalue weighted by Crippen LogP contribution is 2.39. The molecule has 0 fully saturated rings. The van der Waals surface area contributed by atoms with E-state index in [1.165, 1.54) is 29.7 Å². The minimum absolute atomic E-state index is 0.0297. The van der Waals surface area contributed by atoms with E-state index in [0.717, 1.165) is 35.8 Å². The first kappa shape index (κ1) is 24.5. The van der Waals surface area contributed by atoms with Gasteiger partial charge in [-0.05, 0) is 72.3 Å². The molecule has 8 nitrogen and oxygen atoms in total. The predicted molar refractivity (Wildman–Crippen MR) is 128 cm³/mol. The summed E-state index contributed by atoms with van der Waals surface area (Å²) in [5.41, 5.74) is -0.583. The maximum Gasteiger partial charge on any atom is 0.433 e. The van der Waals surface area contributed by atoms with Crippen LogP contribution in [-0.4, -0.2) is 33.1 Å². The third kappa shape index (κ3) is 4.30. The van der Waals surface area contributed by atoms with Crippen LogP contribution in [0.2, 0.25) is 0 Å². The number of hydrogen-bond donors (Lipinski definition) is 1. The summed E-state index contributed by atoms with van der Waals surface area (Å²) in [5.74, 6) is -1.21. The van der Waals surface area contributed by atoms with E-state index in [-0.39, 0.29) is 38.9 Å². The van der Waals surface area contributed by atoms with Crippen LogP contribution in [0, 0.1) is 0 Å². The second-order valence-corrected chi connectivity index (χ2v) is 9.89. The van der Waals surface area contributed by atoms with Crippen molar-refractivity contribution < 1.29 is 31.9 Å². The van der Waals surface area contributed by atoms with Crippen molar-refractivity contribution in [3.8, 4) is 11.5 Å². The summed E-state index contributed by atoms with van der Waals surface area (Å²) in [5, 5.41) is 6.88. The number of aromatic nitrogens is 3. The monoisotopic (exact) mass is 582 g/mol. The molecule has 4 aromatic rings. The van der Waals surface area contributed by atoms with Crippen LogP contribution in [-0.2, 0) is 23.8 Å². The first-order chi connectivity index (χ1) is 17.2. The molecule has 0 spiro atoms. The average Bonchev–Trinajstić information content (AvgIpc) is 3.55. The number of aryl methyl sites for hydroxylation is 1. The molecular weight excluding hydrogens is 565 g/mol. The molecule has 188 valence electrons. The zero-order chi connectivity index (χ0) is 25.6. The Morgan fingerprint density at radius 3 is 2.78 bits per heavy atom. The van der Waals surface area contributed by atoms with Crippen molar-refractivity contribution in [2.45, 2.75) is 38.8 Å². The number of rotatable bonds is 5. The van der Waals surface area contributed by atoms with Crippen LogP contribution < -0.4 is 5.32 Å². The van der Waals surface area contributed by atoms with Crippen LogP contribution in [0.25, 0.3) is 17.1 Å². The number of hydrogen-bond acceptors (Lipinski definition) is 7. The lowest BCUT2D eigenvalue weighted by Crippen LogP contribution is -2.17. The predicted octanol–water partition coefficient (Wildman–Crippen LogP) is 6.14. The number of carbonyl (C=O) groups is 2. The van der Waals surface area contributed by atoms with E-state index in [1.54, 1.807) is 6.92 Å². The van der Waals surface area contributed by atoms with Gasteiger partial charge < -0.3 is 14.5 Å². The number of halogens is 4. The Labute approximate surface area is 214 Å². The third-order valence-electron chi connectivity index (χ3n) is 5.69. The van der Waals surface area contributed by atoms with E-state index in [9.17, 15) is 22.8 Å². The molecule has 0 bridgehead atoms. The first-order valence-corrected chi connectivity index (χ1v) is 12.6. The number of nitrogens with zero attached hydrogens (tertiary/aromatic N) is 3. The second-order valence-electron chi connectivity index (χ2n) is 7.99. The quantitative estimate of drug-likeness (QED) is 0.284. The molecule has 0 aromatic carbocycles. The molecule has 4 aromatic heterocycles. The van der Waals surface area contributed by atoms with Crippen LogP contribution in [0.3, 0.4) is 0 Å². The number of anilines is 1. The third-order valence-corrected chi connectivity index (χ3v) is 7.63. The number of esters is 1. The molecule has 0 aliphatic heterocycles. The Morgan fingerprint density at radius 1 is 1.31 bits per heavy atom. The molecule has 0 radical (unpaired) electrons. The van der Waals surface area contributed by atoms with E-state index in [0.29, 0.717) is 16.5 Å². The Morgan fingerprint density at radius 2 is 2.08 bits per heavy atom. The van der Waals surface area contributed by atoms with E-state index in [1.807, 2.05) is 0 Å². The lowest BCUT2D eigenvalue weighted by molar-refractivity contribution is -0.142. The highest BCUT2D eigenvalue weighted by atomic mass is 79.9. The lowest BCUT2D eigenvalue weighted by Gasteiger charge is -2.12.